The number of hydrogen-bond acceptors (Lipinski definition) is 5. The fourth-order valence-electron chi connectivity index (χ4n) is 3.06. The van der Waals surface area contributed by atoms with Gasteiger partial charge in [0.15, 0.2) is 5.65 Å². The van der Waals surface area contributed by atoms with Gasteiger partial charge in [0.1, 0.15) is 0 Å². The van der Waals surface area contributed by atoms with Crippen LogP contribution in [-0.2, 0) is 16.1 Å². The molecule has 0 aliphatic heterocycles. The van der Waals surface area contributed by atoms with Crippen molar-refractivity contribution in [3.63, 3.8) is 0 Å². The predicted molar refractivity (Wildman–Crippen MR) is 80.9 cm³/mol. The van der Waals surface area contributed by atoms with E-state index in [0.717, 1.165) is 24.2 Å². The van der Waals surface area contributed by atoms with Gasteiger partial charge in [0.25, 0.3) is 0 Å². The van der Waals surface area contributed by atoms with Crippen molar-refractivity contribution in [3.8, 4) is 0 Å². The van der Waals surface area contributed by atoms with Crippen LogP contribution in [-0.4, -0.2) is 39.5 Å². The van der Waals surface area contributed by atoms with Gasteiger partial charge in [-0.2, -0.15) is 0 Å². The minimum Gasteiger partial charge on any atom is -0.380 e. The summed E-state index contributed by atoms with van der Waals surface area (Å²) in [5.74, 6) is 0.0104. The third-order valence-electron chi connectivity index (χ3n) is 4.35. The highest BCUT2D eigenvalue weighted by Crippen LogP contribution is 2.25. The fraction of sp³-hybridized carbons (Fsp3) is 0.533. The molecule has 7 heteroatoms. The standard InChI is InChI=1S/C15H21N5O2/c1-22-13-3-2-10(6-12(13)16)15(21)19-8-11-7-18-14-9-17-4-5-20(11)14/h4-5,7,9-10,12-13H,2-3,6,8,16H2,1H3,(H,19,21)/t10-,12+,13+/m0/s1. The molecule has 2 aromatic rings. The van der Waals surface area contributed by atoms with Gasteiger partial charge in [-0.1, -0.05) is 0 Å². The molecule has 7 nitrogen and oxygen atoms in total. The molecule has 1 aliphatic carbocycles. The second-order valence-corrected chi connectivity index (χ2v) is 5.72. The zero-order valence-corrected chi connectivity index (χ0v) is 12.6. The number of nitrogens with zero attached hydrogens (tertiary/aromatic N) is 3. The molecule has 1 aliphatic rings. The smallest absolute Gasteiger partial charge is 0.223 e. The van der Waals surface area contributed by atoms with Gasteiger partial charge in [0.2, 0.25) is 5.91 Å². The molecule has 0 bridgehead atoms. The fourth-order valence-corrected chi connectivity index (χ4v) is 3.06. The number of imidazole rings is 1. The van der Waals surface area contributed by atoms with Crippen molar-refractivity contribution in [1.29, 1.82) is 0 Å². The molecule has 2 aromatic heterocycles. The maximum atomic E-state index is 12.3. The number of methoxy groups -OCH3 is 1. The summed E-state index contributed by atoms with van der Waals surface area (Å²) in [6.07, 6.45) is 9.36. The van der Waals surface area contributed by atoms with E-state index < -0.39 is 0 Å². The number of carbonyl (C=O) groups excluding carboxylic acids is 1. The zero-order valence-electron chi connectivity index (χ0n) is 12.6. The van der Waals surface area contributed by atoms with Gasteiger partial charge < -0.3 is 15.8 Å². The van der Waals surface area contributed by atoms with Crippen LogP contribution in [0, 0.1) is 5.92 Å². The molecule has 2 heterocycles. The van der Waals surface area contributed by atoms with E-state index in [-0.39, 0.29) is 24.0 Å². The Morgan fingerprint density at radius 2 is 2.36 bits per heavy atom. The molecule has 0 radical (unpaired) electrons. The second kappa shape index (κ2) is 6.41. The lowest BCUT2D eigenvalue weighted by molar-refractivity contribution is -0.127. The molecule has 118 valence electrons. The first-order chi connectivity index (χ1) is 10.7. The molecular weight excluding hydrogens is 282 g/mol. The Bertz CT molecular complexity index is 656. The van der Waals surface area contributed by atoms with Crippen molar-refractivity contribution in [2.45, 2.75) is 38.0 Å². The minimum atomic E-state index is -0.0728. The molecular formula is C15H21N5O2. The molecule has 0 aromatic carbocycles. The van der Waals surface area contributed by atoms with Gasteiger partial charge in [0, 0.05) is 31.5 Å². The maximum absolute atomic E-state index is 12.3. The molecule has 0 unspecified atom stereocenters. The maximum Gasteiger partial charge on any atom is 0.223 e. The summed E-state index contributed by atoms with van der Waals surface area (Å²) in [6.45, 7) is 0.448. The average Bonchev–Trinajstić information content (AvgIpc) is 2.95. The summed E-state index contributed by atoms with van der Waals surface area (Å²) in [7, 11) is 1.67. The van der Waals surface area contributed by atoms with Gasteiger partial charge in [-0.3, -0.25) is 14.2 Å². The Labute approximate surface area is 128 Å². The quantitative estimate of drug-likeness (QED) is 0.857. The molecule has 1 saturated carbocycles. The van der Waals surface area contributed by atoms with Gasteiger partial charge in [-0.25, -0.2) is 4.98 Å². The van der Waals surface area contributed by atoms with Crippen LogP contribution in [0.15, 0.2) is 24.8 Å². The second-order valence-electron chi connectivity index (χ2n) is 5.72. The van der Waals surface area contributed by atoms with Crippen LogP contribution in [0.2, 0.25) is 0 Å². The van der Waals surface area contributed by atoms with Gasteiger partial charge in [-0.05, 0) is 19.3 Å². The van der Waals surface area contributed by atoms with Crippen LogP contribution in [0.4, 0.5) is 0 Å². The number of amides is 1. The SMILES string of the molecule is CO[C@@H]1CC[C@H](C(=O)NCc2cnc3cnccn23)C[C@H]1N. The van der Waals surface area contributed by atoms with E-state index in [0.29, 0.717) is 13.0 Å². The van der Waals surface area contributed by atoms with E-state index in [9.17, 15) is 4.79 Å². The lowest BCUT2D eigenvalue weighted by Gasteiger charge is -2.32. The van der Waals surface area contributed by atoms with Gasteiger partial charge in [0.05, 0.1) is 30.7 Å². The molecule has 1 fully saturated rings. The van der Waals surface area contributed by atoms with Crippen molar-refractivity contribution in [2.24, 2.45) is 11.7 Å². The third kappa shape index (κ3) is 2.95. The van der Waals surface area contributed by atoms with E-state index in [1.54, 1.807) is 25.7 Å². The summed E-state index contributed by atoms with van der Waals surface area (Å²) in [4.78, 5) is 20.6. The molecule has 3 N–H and O–H groups in total. The number of rotatable bonds is 4. The Morgan fingerprint density at radius 1 is 1.50 bits per heavy atom. The first kappa shape index (κ1) is 14.9. The third-order valence-corrected chi connectivity index (χ3v) is 4.35. The number of hydrogen-bond donors (Lipinski definition) is 2. The normalized spacial score (nSPS) is 25.3. The summed E-state index contributed by atoms with van der Waals surface area (Å²) in [5.41, 5.74) is 7.76. The van der Waals surface area contributed by atoms with Crippen LogP contribution >= 0.6 is 0 Å². The highest BCUT2D eigenvalue weighted by molar-refractivity contribution is 5.78. The molecule has 1 amide bonds. The predicted octanol–water partition coefficient (Wildman–Crippen LogP) is 0.488. The number of fused-ring (bicyclic) bond motifs is 1. The van der Waals surface area contributed by atoms with Crippen LogP contribution in [0.5, 0.6) is 0 Å². The highest BCUT2D eigenvalue weighted by atomic mass is 16.5. The topological polar surface area (TPSA) is 94.5 Å². The average molecular weight is 303 g/mol. The highest BCUT2D eigenvalue weighted by Gasteiger charge is 2.31. The molecule has 3 rings (SSSR count). The van der Waals surface area contributed by atoms with Crippen LogP contribution < -0.4 is 11.1 Å². The first-order valence-electron chi connectivity index (χ1n) is 7.51. The van der Waals surface area contributed by atoms with Crippen molar-refractivity contribution in [2.75, 3.05) is 7.11 Å². The van der Waals surface area contributed by atoms with Crippen molar-refractivity contribution in [1.82, 2.24) is 19.7 Å². The number of carbonyl (C=O) groups is 1. The summed E-state index contributed by atoms with van der Waals surface area (Å²) >= 11 is 0. The van der Waals surface area contributed by atoms with Crippen molar-refractivity contribution >= 4 is 11.6 Å². The Kier molecular flexibility index (Phi) is 4.35. The van der Waals surface area contributed by atoms with E-state index in [2.05, 4.69) is 15.3 Å². The van der Waals surface area contributed by atoms with Crippen LogP contribution in [0.3, 0.4) is 0 Å². The van der Waals surface area contributed by atoms with E-state index in [1.807, 2.05) is 10.6 Å². The number of nitrogens with two attached hydrogens (primary N) is 1. The minimum absolute atomic E-state index is 0.0396. The van der Waals surface area contributed by atoms with Crippen molar-refractivity contribution < 1.29 is 9.53 Å². The van der Waals surface area contributed by atoms with Gasteiger partial charge >= 0.3 is 0 Å². The van der Waals surface area contributed by atoms with Crippen molar-refractivity contribution in [3.05, 3.63) is 30.5 Å². The molecule has 0 spiro atoms. The molecule has 0 saturated heterocycles. The number of aromatic nitrogens is 3. The lowest BCUT2D eigenvalue weighted by Crippen LogP contribution is -2.45. The van der Waals surface area contributed by atoms with E-state index in [1.165, 1.54) is 0 Å². The Hall–Kier alpha value is -1.99. The first-order valence-corrected chi connectivity index (χ1v) is 7.51. The summed E-state index contributed by atoms with van der Waals surface area (Å²) < 4.78 is 7.24. The Balaban J connectivity index is 1.59. The molecule has 22 heavy (non-hydrogen) atoms. The summed E-state index contributed by atoms with van der Waals surface area (Å²) in [6, 6.07) is -0.0728. The zero-order chi connectivity index (χ0) is 15.5. The van der Waals surface area contributed by atoms with E-state index >= 15 is 0 Å². The summed E-state index contributed by atoms with van der Waals surface area (Å²) in [5, 5.41) is 2.98. The van der Waals surface area contributed by atoms with E-state index in [4.69, 9.17) is 10.5 Å². The monoisotopic (exact) mass is 303 g/mol. The number of ether oxygens (including phenoxy) is 1. The lowest BCUT2D eigenvalue weighted by atomic mass is 9.83. The van der Waals surface area contributed by atoms with Gasteiger partial charge in [-0.15, -0.1) is 0 Å². The molecule has 3 atom stereocenters. The van der Waals surface area contributed by atoms with Crippen LogP contribution in [0.25, 0.3) is 5.65 Å². The largest absolute Gasteiger partial charge is 0.380 e. The Morgan fingerprint density at radius 3 is 3.14 bits per heavy atom. The number of nitrogens with one attached hydrogen (secondary N) is 1. The van der Waals surface area contributed by atoms with Crippen LogP contribution in [0.1, 0.15) is 25.0 Å².